The average Bonchev–Trinajstić information content (AvgIpc) is 2.42. The van der Waals surface area contributed by atoms with Gasteiger partial charge < -0.3 is 10.1 Å². The lowest BCUT2D eigenvalue weighted by molar-refractivity contribution is -0.141. The number of aromatic hydroxyl groups is 1. The van der Waals surface area contributed by atoms with Crippen LogP contribution in [0.3, 0.4) is 0 Å². The largest absolute Gasteiger partial charge is 0.506 e. The first-order valence-corrected chi connectivity index (χ1v) is 7.72. The van der Waals surface area contributed by atoms with Crippen LogP contribution in [-0.2, 0) is 6.18 Å². The van der Waals surface area contributed by atoms with Crippen LogP contribution < -0.4 is 5.69 Å². The van der Waals surface area contributed by atoms with Gasteiger partial charge in [0.2, 0.25) is 0 Å². The molecule has 23 heavy (non-hydrogen) atoms. The Kier molecular flexibility index (Phi) is 5.00. The lowest BCUT2D eigenvalue weighted by Gasteiger charge is -2.09. The van der Waals surface area contributed by atoms with Crippen molar-refractivity contribution < 1.29 is 18.3 Å². The Bertz CT molecular complexity index is 845. The van der Waals surface area contributed by atoms with Gasteiger partial charge >= 0.3 is 11.9 Å². The van der Waals surface area contributed by atoms with Gasteiger partial charge in [0.15, 0.2) is 0 Å². The summed E-state index contributed by atoms with van der Waals surface area (Å²) in [6.45, 7) is 1.50. The van der Waals surface area contributed by atoms with E-state index in [0.717, 1.165) is 6.07 Å². The molecule has 2 aromatic rings. The number of phenols is 1. The molecular weight excluding hydrogens is 445 g/mol. The molecule has 0 bridgehead atoms. The molecule has 9 heteroatoms. The summed E-state index contributed by atoms with van der Waals surface area (Å²) in [5.41, 5.74) is -1.75. The maximum Gasteiger partial charge on any atom is 0.431 e. The molecular formula is C14H9Br2F3N2O2. The molecule has 0 amide bonds. The topological polar surface area (TPSA) is 66.0 Å². The number of hydrogen-bond donors (Lipinski definition) is 2. The van der Waals surface area contributed by atoms with Crippen LogP contribution in [0.1, 0.15) is 23.9 Å². The normalized spacial score (nSPS) is 12.5. The molecule has 4 nitrogen and oxygen atoms in total. The summed E-state index contributed by atoms with van der Waals surface area (Å²) in [7, 11) is 0. The lowest BCUT2D eigenvalue weighted by Crippen LogP contribution is -2.20. The van der Waals surface area contributed by atoms with E-state index < -0.39 is 17.6 Å². The van der Waals surface area contributed by atoms with Crippen LogP contribution in [-0.4, -0.2) is 15.1 Å². The van der Waals surface area contributed by atoms with Gasteiger partial charge in [0.1, 0.15) is 11.4 Å². The molecule has 0 saturated heterocycles. The molecule has 1 aromatic carbocycles. The second kappa shape index (κ2) is 6.48. The number of H-pyrrole nitrogens is 1. The monoisotopic (exact) mass is 452 g/mol. The third-order valence-corrected chi connectivity index (χ3v) is 3.95. The summed E-state index contributed by atoms with van der Waals surface area (Å²) in [6.07, 6.45) is -3.25. The van der Waals surface area contributed by atoms with Gasteiger partial charge in [0, 0.05) is 10.0 Å². The van der Waals surface area contributed by atoms with Gasteiger partial charge in [-0.3, -0.25) is 0 Å². The van der Waals surface area contributed by atoms with E-state index in [9.17, 15) is 23.1 Å². The number of hydrogen-bond acceptors (Lipinski definition) is 3. The smallest absolute Gasteiger partial charge is 0.431 e. The molecule has 0 saturated carbocycles. The molecule has 2 rings (SSSR count). The first-order chi connectivity index (χ1) is 10.6. The third kappa shape index (κ3) is 4.23. The first-order valence-electron chi connectivity index (χ1n) is 6.13. The molecule has 0 unspecified atom stereocenters. The number of allylic oxidation sites excluding steroid dienone is 1. The van der Waals surface area contributed by atoms with Crippen LogP contribution in [0.15, 0.2) is 31.9 Å². The van der Waals surface area contributed by atoms with E-state index in [0.29, 0.717) is 20.1 Å². The van der Waals surface area contributed by atoms with Gasteiger partial charge in [0.25, 0.3) is 0 Å². The fraction of sp³-hybridized carbons (Fsp3) is 0.143. The molecule has 0 radical (unpaired) electrons. The van der Waals surface area contributed by atoms with Crippen LogP contribution >= 0.6 is 31.9 Å². The van der Waals surface area contributed by atoms with Crippen molar-refractivity contribution in [2.45, 2.75) is 13.1 Å². The number of phenolic OH excluding ortho intramolecular Hbond substituents is 1. The van der Waals surface area contributed by atoms with Gasteiger partial charge in [-0.25, -0.2) is 4.79 Å². The summed E-state index contributed by atoms with van der Waals surface area (Å²) < 4.78 is 39.3. The molecule has 122 valence electrons. The van der Waals surface area contributed by atoms with Gasteiger partial charge in [-0.15, -0.1) is 0 Å². The average molecular weight is 454 g/mol. The molecule has 1 aromatic heterocycles. The molecule has 0 aliphatic carbocycles. The highest BCUT2D eigenvalue weighted by atomic mass is 79.9. The maximum atomic E-state index is 12.7. The van der Waals surface area contributed by atoms with Crippen LogP contribution in [0.4, 0.5) is 13.2 Å². The van der Waals surface area contributed by atoms with Crippen molar-refractivity contribution in [3.63, 3.8) is 0 Å². The Balaban J connectivity index is 2.55. The summed E-state index contributed by atoms with van der Waals surface area (Å²) in [5, 5.41) is 9.98. The van der Waals surface area contributed by atoms with Crippen molar-refractivity contribution in [3.05, 3.63) is 54.6 Å². The predicted octanol–water partition coefficient (Wildman–Crippen LogP) is 4.58. The number of aromatic nitrogens is 2. The van der Waals surface area contributed by atoms with Crippen LogP contribution in [0, 0.1) is 0 Å². The molecule has 0 fully saturated rings. The van der Waals surface area contributed by atoms with Crippen molar-refractivity contribution in [2.75, 3.05) is 0 Å². The Labute approximate surface area is 145 Å². The van der Waals surface area contributed by atoms with Gasteiger partial charge in [-0.05, 0) is 52.7 Å². The molecule has 2 N–H and O–H groups in total. The van der Waals surface area contributed by atoms with E-state index in [1.807, 2.05) is 0 Å². The second-order valence-electron chi connectivity index (χ2n) is 4.64. The SMILES string of the molecule is C/C(=C\c1cc(Br)cc(Br)c1O)c1cc(C(F)(F)F)[nH]c(=O)n1. The van der Waals surface area contributed by atoms with E-state index in [2.05, 4.69) is 36.8 Å². The summed E-state index contributed by atoms with van der Waals surface area (Å²) in [5.74, 6) is -0.0755. The number of benzene rings is 1. The highest BCUT2D eigenvalue weighted by molar-refractivity contribution is 9.11. The van der Waals surface area contributed by atoms with E-state index in [4.69, 9.17) is 0 Å². The zero-order chi connectivity index (χ0) is 17.4. The zero-order valence-electron chi connectivity index (χ0n) is 11.5. The highest BCUT2D eigenvalue weighted by Gasteiger charge is 2.32. The van der Waals surface area contributed by atoms with E-state index in [1.165, 1.54) is 13.0 Å². The highest BCUT2D eigenvalue weighted by Crippen LogP contribution is 2.34. The fourth-order valence-corrected chi connectivity index (χ4v) is 3.07. The predicted molar refractivity (Wildman–Crippen MR) is 86.9 cm³/mol. The Morgan fingerprint density at radius 1 is 1.30 bits per heavy atom. The number of alkyl halides is 3. The number of halogens is 5. The fourth-order valence-electron chi connectivity index (χ4n) is 1.82. The second-order valence-corrected chi connectivity index (χ2v) is 6.41. The maximum absolute atomic E-state index is 12.7. The minimum Gasteiger partial charge on any atom is -0.506 e. The zero-order valence-corrected chi connectivity index (χ0v) is 14.7. The number of nitrogens with zero attached hydrogens (tertiary/aromatic N) is 1. The minimum atomic E-state index is -4.68. The van der Waals surface area contributed by atoms with Crippen LogP contribution in [0.25, 0.3) is 11.6 Å². The van der Waals surface area contributed by atoms with E-state index in [-0.39, 0.29) is 11.4 Å². The molecule has 0 atom stereocenters. The van der Waals surface area contributed by atoms with Crippen molar-refractivity contribution in [3.8, 4) is 5.75 Å². The Hall–Kier alpha value is -1.61. The van der Waals surface area contributed by atoms with Crippen molar-refractivity contribution >= 4 is 43.5 Å². The van der Waals surface area contributed by atoms with Crippen molar-refractivity contribution in [1.82, 2.24) is 9.97 Å². The van der Waals surface area contributed by atoms with Crippen molar-refractivity contribution in [2.24, 2.45) is 0 Å². The van der Waals surface area contributed by atoms with E-state index in [1.54, 1.807) is 17.1 Å². The molecule has 1 heterocycles. The number of rotatable bonds is 2. The summed E-state index contributed by atoms with van der Waals surface area (Å²) >= 11 is 6.42. The summed E-state index contributed by atoms with van der Waals surface area (Å²) in [4.78, 5) is 16.5. The summed E-state index contributed by atoms with van der Waals surface area (Å²) in [6, 6.07) is 3.95. The van der Waals surface area contributed by atoms with Crippen molar-refractivity contribution in [1.29, 1.82) is 0 Å². The number of nitrogens with one attached hydrogen (secondary N) is 1. The first kappa shape index (κ1) is 17.7. The van der Waals surface area contributed by atoms with Gasteiger partial charge in [-0.2, -0.15) is 18.2 Å². The molecule has 0 spiro atoms. The van der Waals surface area contributed by atoms with Gasteiger partial charge in [-0.1, -0.05) is 15.9 Å². The third-order valence-electron chi connectivity index (χ3n) is 2.88. The number of aromatic amines is 1. The Morgan fingerprint density at radius 3 is 2.57 bits per heavy atom. The lowest BCUT2D eigenvalue weighted by atomic mass is 10.1. The van der Waals surface area contributed by atoms with Gasteiger partial charge in [0.05, 0.1) is 10.2 Å². The van der Waals surface area contributed by atoms with Crippen LogP contribution in [0.2, 0.25) is 0 Å². The van der Waals surface area contributed by atoms with E-state index >= 15 is 0 Å². The molecule has 0 aliphatic rings. The van der Waals surface area contributed by atoms with Crippen LogP contribution in [0.5, 0.6) is 5.75 Å². The Morgan fingerprint density at radius 2 is 1.96 bits per heavy atom. The minimum absolute atomic E-state index is 0.0755. The standard InChI is InChI=1S/C14H9Br2F3N2O2/c1-6(2-7-3-8(15)4-9(16)12(7)22)10-5-11(14(17,18)19)21-13(23)20-10/h2-5,22H,1H3,(H,20,21,23)/b6-2+. The molecule has 0 aliphatic heterocycles. The quantitative estimate of drug-likeness (QED) is 0.699.